The number of aromatic nitrogens is 1. The summed E-state index contributed by atoms with van der Waals surface area (Å²) in [6, 6.07) is 6.16. The number of nitrogen functional groups attached to an aromatic ring is 1. The van der Waals surface area contributed by atoms with E-state index in [1.807, 2.05) is 6.92 Å². The predicted molar refractivity (Wildman–Crippen MR) is 80.4 cm³/mol. The van der Waals surface area contributed by atoms with E-state index in [9.17, 15) is 8.42 Å². The van der Waals surface area contributed by atoms with Crippen molar-refractivity contribution in [1.29, 1.82) is 0 Å². The lowest BCUT2D eigenvalue weighted by Gasteiger charge is -2.12. The second-order valence-corrected chi connectivity index (χ2v) is 6.51. The molecule has 0 radical (unpaired) electrons. The molecule has 0 bridgehead atoms. The van der Waals surface area contributed by atoms with Gasteiger partial charge in [-0.15, -0.1) is 0 Å². The van der Waals surface area contributed by atoms with Crippen molar-refractivity contribution < 1.29 is 8.42 Å². The first kappa shape index (κ1) is 14.6. The largest absolute Gasteiger partial charge is 0.399 e. The fourth-order valence-corrected chi connectivity index (χ4v) is 3.30. The average molecular weight is 312 g/mol. The van der Waals surface area contributed by atoms with Crippen LogP contribution in [0.4, 0.5) is 11.5 Å². The van der Waals surface area contributed by atoms with Crippen molar-refractivity contribution in [1.82, 2.24) is 4.98 Å². The van der Waals surface area contributed by atoms with Crippen molar-refractivity contribution in [2.45, 2.75) is 18.7 Å². The third kappa shape index (κ3) is 3.02. The highest BCUT2D eigenvalue weighted by Crippen LogP contribution is 2.24. The Bertz CT molecular complexity index is 760. The standard InChI is InChI=1S/C13H14ClN3O2S/c1-8-5-11(15)7-12(9(8)2)20(18,19)17-13-6-10(14)3-4-16-13/h3-7H,15H2,1-2H3,(H,16,17). The molecule has 2 rings (SSSR count). The number of nitrogens with zero attached hydrogens (tertiary/aromatic N) is 1. The van der Waals surface area contributed by atoms with E-state index in [0.29, 0.717) is 16.3 Å². The molecule has 0 saturated carbocycles. The minimum atomic E-state index is -3.76. The molecule has 0 saturated heterocycles. The van der Waals surface area contributed by atoms with Gasteiger partial charge < -0.3 is 5.73 Å². The van der Waals surface area contributed by atoms with E-state index >= 15 is 0 Å². The molecule has 0 aliphatic heterocycles. The molecule has 3 N–H and O–H groups in total. The first-order chi connectivity index (χ1) is 9.29. The monoisotopic (exact) mass is 311 g/mol. The molecule has 0 atom stereocenters. The van der Waals surface area contributed by atoms with Crippen molar-refractivity contribution in [2.75, 3.05) is 10.5 Å². The van der Waals surface area contributed by atoms with Gasteiger partial charge >= 0.3 is 0 Å². The summed E-state index contributed by atoms with van der Waals surface area (Å²) >= 11 is 5.81. The molecule has 106 valence electrons. The third-order valence-corrected chi connectivity index (χ3v) is 4.61. The van der Waals surface area contributed by atoms with Crippen LogP contribution in [0.5, 0.6) is 0 Å². The van der Waals surface area contributed by atoms with Crippen molar-refractivity contribution >= 4 is 33.1 Å². The van der Waals surface area contributed by atoms with Crippen LogP contribution >= 0.6 is 11.6 Å². The molecule has 1 heterocycles. The van der Waals surface area contributed by atoms with E-state index in [4.69, 9.17) is 17.3 Å². The predicted octanol–water partition coefficient (Wildman–Crippen LogP) is 2.73. The average Bonchev–Trinajstić information content (AvgIpc) is 2.33. The molecular formula is C13H14ClN3O2S. The zero-order valence-corrected chi connectivity index (χ0v) is 12.6. The second-order valence-electron chi connectivity index (χ2n) is 4.43. The number of rotatable bonds is 3. The van der Waals surface area contributed by atoms with Gasteiger partial charge in [0.1, 0.15) is 5.82 Å². The SMILES string of the molecule is Cc1cc(N)cc(S(=O)(=O)Nc2cc(Cl)ccn2)c1C. The van der Waals surface area contributed by atoms with E-state index < -0.39 is 10.0 Å². The minimum absolute atomic E-state index is 0.136. The van der Waals surface area contributed by atoms with Gasteiger partial charge in [-0.1, -0.05) is 11.6 Å². The quantitative estimate of drug-likeness (QED) is 0.853. The number of halogens is 1. The highest BCUT2D eigenvalue weighted by molar-refractivity contribution is 7.92. The molecule has 20 heavy (non-hydrogen) atoms. The van der Waals surface area contributed by atoms with Gasteiger partial charge in [0, 0.05) is 23.0 Å². The summed E-state index contributed by atoms with van der Waals surface area (Å²) in [5, 5.41) is 0.401. The van der Waals surface area contributed by atoms with E-state index in [2.05, 4.69) is 9.71 Å². The Kier molecular flexibility index (Phi) is 3.87. The van der Waals surface area contributed by atoms with Crippen LogP contribution in [0, 0.1) is 13.8 Å². The molecule has 5 nitrogen and oxygen atoms in total. The van der Waals surface area contributed by atoms with E-state index in [-0.39, 0.29) is 10.7 Å². The fraction of sp³-hybridized carbons (Fsp3) is 0.154. The molecule has 0 spiro atoms. The molecular weight excluding hydrogens is 298 g/mol. The number of sulfonamides is 1. The Morgan fingerprint density at radius 3 is 2.60 bits per heavy atom. The number of nitrogens with one attached hydrogen (secondary N) is 1. The number of hydrogen-bond donors (Lipinski definition) is 2. The van der Waals surface area contributed by atoms with Gasteiger partial charge in [-0.3, -0.25) is 4.72 Å². The summed E-state index contributed by atoms with van der Waals surface area (Å²) in [7, 11) is -3.76. The molecule has 0 fully saturated rings. The first-order valence-electron chi connectivity index (χ1n) is 5.81. The summed E-state index contributed by atoms with van der Waals surface area (Å²) in [6.45, 7) is 3.54. The van der Waals surface area contributed by atoms with Gasteiger partial charge in [0.15, 0.2) is 0 Å². The number of anilines is 2. The van der Waals surface area contributed by atoms with Crippen LogP contribution in [-0.2, 0) is 10.0 Å². The van der Waals surface area contributed by atoms with Crippen LogP contribution < -0.4 is 10.5 Å². The normalized spacial score (nSPS) is 11.3. The van der Waals surface area contributed by atoms with Crippen LogP contribution in [0.1, 0.15) is 11.1 Å². The van der Waals surface area contributed by atoms with E-state index in [0.717, 1.165) is 5.56 Å². The fourth-order valence-electron chi connectivity index (χ4n) is 1.79. The zero-order valence-electron chi connectivity index (χ0n) is 11.0. The van der Waals surface area contributed by atoms with Gasteiger partial charge in [0.25, 0.3) is 10.0 Å². The number of pyridine rings is 1. The summed E-state index contributed by atoms with van der Waals surface area (Å²) in [4.78, 5) is 4.05. The maximum absolute atomic E-state index is 12.4. The van der Waals surface area contributed by atoms with Crippen molar-refractivity contribution in [3.8, 4) is 0 Å². The Labute approximate surface area is 122 Å². The highest BCUT2D eigenvalue weighted by atomic mass is 35.5. The molecule has 0 aliphatic rings. The highest BCUT2D eigenvalue weighted by Gasteiger charge is 2.19. The summed E-state index contributed by atoms with van der Waals surface area (Å²) in [5.74, 6) is 0.164. The van der Waals surface area contributed by atoms with Gasteiger partial charge in [-0.2, -0.15) is 0 Å². The Morgan fingerprint density at radius 2 is 1.95 bits per heavy atom. The van der Waals surface area contributed by atoms with Crippen LogP contribution in [0.25, 0.3) is 0 Å². The number of hydrogen-bond acceptors (Lipinski definition) is 4. The topological polar surface area (TPSA) is 85.1 Å². The molecule has 2 aromatic rings. The van der Waals surface area contributed by atoms with E-state index in [1.165, 1.54) is 18.3 Å². The van der Waals surface area contributed by atoms with Gasteiger partial charge in [0.2, 0.25) is 0 Å². The number of nitrogens with two attached hydrogens (primary N) is 1. The molecule has 0 unspecified atom stereocenters. The molecule has 1 aromatic carbocycles. The number of aryl methyl sites for hydroxylation is 1. The van der Waals surface area contributed by atoms with Gasteiger partial charge in [-0.25, -0.2) is 13.4 Å². The molecule has 7 heteroatoms. The maximum Gasteiger partial charge on any atom is 0.263 e. The van der Waals surface area contributed by atoms with Crippen molar-refractivity contribution in [2.24, 2.45) is 0 Å². The second kappa shape index (κ2) is 5.30. The minimum Gasteiger partial charge on any atom is -0.399 e. The number of benzene rings is 1. The first-order valence-corrected chi connectivity index (χ1v) is 7.67. The Balaban J connectivity index is 2.46. The Morgan fingerprint density at radius 1 is 1.25 bits per heavy atom. The lowest BCUT2D eigenvalue weighted by atomic mass is 10.1. The molecule has 1 aromatic heterocycles. The van der Waals surface area contributed by atoms with Gasteiger partial charge in [0.05, 0.1) is 4.90 Å². The lowest BCUT2D eigenvalue weighted by Crippen LogP contribution is -2.16. The van der Waals surface area contributed by atoms with Crippen molar-refractivity contribution in [3.63, 3.8) is 0 Å². The smallest absolute Gasteiger partial charge is 0.263 e. The van der Waals surface area contributed by atoms with Crippen LogP contribution in [0.2, 0.25) is 5.02 Å². The van der Waals surface area contributed by atoms with Crippen LogP contribution in [-0.4, -0.2) is 13.4 Å². The van der Waals surface area contributed by atoms with Crippen LogP contribution in [0.3, 0.4) is 0 Å². The van der Waals surface area contributed by atoms with E-state index in [1.54, 1.807) is 19.1 Å². The summed E-state index contributed by atoms with van der Waals surface area (Å²) in [5.41, 5.74) is 7.57. The maximum atomic E-state index is 12.4. The summed E-state index contributed by atoms with van der Waals surface area (Å²) < 4.78 is 27.2. The Hall–Kier alpha value is -1.79. The molecule has 0 aliphatic carbocycles. The van der Waals surface area contributed by atoms with Crippen LogP contribution in [0.15, 0.2) is 35.4 Å². The van der Waals surface area contributed by atoms with Crippen molar-refractivity contribution in [3.05, 3.63) is 46.6 Å². The van der Waals surface area contributed by atoms with Gasteiger partial charge in [-0.05, 0) is 43.2 Å². The lowest BCUT2D eigenvalue weighted by molar-refractivity contribution is 0.600. The third-order valence-electron chi connectivity index (χ3n) is 2.89. The molecule has 0 amide bonds. The summed E-state index contributed by atoms with van der Waals surface area (Å²) in [6.07, 6.45) is 1.43. The zero-order chi connectivity index (χ0) is 14.9.